The third-order valence-electron chi connectivity index (χ3n) is 3.01. The molecule has 2 heterocycles. The van der Waals surface area contributed by atoms with E-state index >= 15 is 0 Å². The first-order chi connectivity index (χ1) is 9.02. The van der Waals surface area contributed by atoms with Crippen LogP contribution in [0.1, 0.15) is 21.6 Å². The van der Waals surface area contributed by atoms with Crippen molar-refractivity contribution in [1.82, 2.24) is 10.3 Å². The van der Waals surface area contributed by atoms with E-state index in [0.29, 0.717) is 6.07 Å². The Bertz CT molecular complexity index is 690. The van der Waals surface area contributed by atoms with Gasteiger partial charge in [0.1, 0.15) is 17.3 Å². The Labute approximate surface area is 106 Å². The summed E-state index contributed by atoms with van der Waals surface area (Å²) in [4.78, 5) is 15.6. The lowest BCUT2D eigenvalue weighted by Gasteiger charge is -2.23. The minimum absolute atomic E-state index is 0.00510. The fourth-order valence-corrected chi connectivity index (χ4v) is 2.15. The molecule has 1 aliphatic heterocycles. The van der Waals surface area contributed by atoms with Crippen molar-refractivity contribution in [1.29, 1.82) is 0 Å². The molecule has 0 radical (unpaired) electrons. The Hall–Kier alpha value is -2.34. The maximum Gasteiger partial charge on any atom is 0.256 e. The number of rotatable bonds is 1. The number of halogens is 2. The van der Waals surface area contributed by atoms with E-state index in [1.54, 1.807) is 0 Å². The lowest BCUT2D eigenvalue weighted by atomic mass is 9.98. The van der Waals surface area contributed by atoms with Crippen molar-refractivity contribution < 1.29 is 18.7 Å². The Morgan fingerprint density at radius 2 is 2.05 bits per heavy atom. The number of amides is 1. The minimum atomic E-state index is -2.08. The average molecular weight is 262 g/mol. The zero-order chi connectivity index (χ0) is 13.6. The Kier molecular flexibility index (Phi) is 2.36. The van der Waals surface area contributed by atoms with Gasteiger partial charge in [-0.1, -0.05) is 0 Å². The van der Waals surface area contributed by atoms with Crippen LogP contribution in [0.5, 0.6) is 0 Å². The third-order valence-corrected chi connectivity index (χ3v) is 3.01. The van der Waals surface area contributed by atoms with Crippen LogP contribution in [-0.4, -0.2) is 16.0 Å². The highest BCUT2D eigenvalue weighted by Gasteiger charge is 2.45. The molecule has 1 aromatic carbocycles. The first-order valence-electron chi connectivity index (χ1n) is 5.48. The van der Waals surface area contributed by atoms with E-state index in [2.05, 4.69) is 10.3 Å². The average Bonchev–Trinajstić information content (AvgIpc) is 2.63. The van der Waals surface area contributed by atoms with Gasteiger partial charge < -0.3 is 10.4 Å². The number of benzene rings is 1. The molecule has 0 fully saturated rings. The molecule has 1 aromatic heterocycles. The largest absolute Gasteiger partial charge is 0.362 e. The van der Waals surface area contributed by atoms with Crippen molar-refractivity contribution >= 4 is 5.91 Å². The Morgan fingerprint density at radius 1 is 1.26 bits per heavy atom. The summed E-state index contributed by atoms with van der Waals surface area (Å²) in [6, 6.07) is 5.72. The monoisotopic (exact) mass is 262 g/mol. The molecular formula is C13H8F2N2O2. The molecule has 0 spiro atoms. The molecule has 0 saturated carbocycles. The molecule has 0 bridgehead atoms. The standard InChI is InChI=1S/C13H8F2N2O2/c14-7-3-4-9(10(15)6-7)13(19)11-8(12(18)17-13)2-1-5-16-11/h1-6,19H,(H,17,18). The number of aliphatic hydroxyl groups is 1. The molecule has 2 aromatic rings. The van der Waals surface area contributed by atoms with Gasteiger partial charge in [-0.05, 0) is 24.3 Å². The van der Waals surface area contributed by atoms with Crippen LogP contribution in [0.4, 0.5) is 8.78 Å². The lowest BCUT2D eigenvalue weighted by molar-refractivity contribution is 0.0422. The molecule has 6 heteroatoms. The van der Waals surface area contributed by atoms with Crippen LogP contribution in [0.15, 0.2) is 36.5 Å². The van der Waals surface area contributed by atoms with Crippen LogP contribution in [0.3, 0.4) is 0 Å². The number of nitrogens with one attached hydrogen (secondary N) is 1. The van der Waals surface area contributed by atoms with Crippen molar-refractivity contribution in [2.45, 2.75) is 5.72 Å². The third kappa shape index (κ3) is 1.61. The number of pyridine rings is 1. The second kappa shape index (κ2) is 3.83. The maximum atomic E-state index is 13.8. The zero-order valence-electron chi connectivity index (χ0n) is 9.52. The van der Waals surface area contributed by atoms with Gasteiger partial charge in [-0.2, -0.15) is 0 Å². The van der Waals surface area contributed by atoms with Gasteiger partial charge in [-0.3, -0.25) is 9.78 Å². The second-order valence-corrected chi connectivity index (χ2v) is 4.19. The molecule has 1 amide bonds. The van der Waals surface area contributed by atoms with Crippen LogP contribution in [0.2, 0.25) is 0 Å². The van der Waals surface area contributed by atoms with Crippen molar-refractivity contribution in [3.8, 4) is 0 Å². The summed E-state index contributed by atoms with van der Waals surface area (Å²) >= 11 is 0. The number of fused-ring (bicyclic) bond motifs is 1. The van der Waals surface area contributed by atoms with Crippen LogP contribution >= 0.6 is 0 Å². The Morgan fingerprint density at radius 3 is 2.79 bits per heavy atom. The van der Waals surface area contributed by atoms with Crippen molar-refractivity contribution in [3.63, 3.8) is 0 Å². The fraction of sp³-hybridized carbons (Fsp3) is 0.0769. The van der Waals surface area contributed by atoms with Gasteiger partial charge in [-0.15, -0.1) is 0 Å². The summed E-state index contributed by atoms with van der Waals surface area (Å²) in [5, 5.41) is 12.8. The highest BCUT2D eigenvalue weighted by Crippen LogP contribution is 2.34. The van der Waals surface area contributed by atoms with Gasteiger partial charge >= 0.3 is 0 Å². The van der Waals surface area contributed by atoms with Crippen molar-refractivity contribution in [3.05, 3.63) is 65.0 Å². The summed E-state index contributed by atoms with van der Waals surface area (Å²) in [5.74, 6) is -2.29. The summed E-state index contributed by atoms with van der Waals surface area (Å²) in [6.07, 6.45) is 1.38. The summed E-state index contributed by atoms with van der Waals surface area (Å²) < 4.78 is 26.7. The van der Waals surface area contributed by atoms with Crippen molar-refractivity contribution in [2.75, 3.05) is 0 Å². The molecule has 96 valence electrons. The topological polar surface area (TPSA) is 62.2 Å². The van der Waals surface area contributed by atoms with Crippen molar-refractivity contribution in [2.24, 2.45) is 0 Å². The van der Waals surface area contributed by atoms with E-state index in [4.69, 9.17) is 0 Å². The van der Waals surface area contributed by atoms with E-state index in [9.17, 15) is 18.7 Å². The molecule has 1 atom stereocenters. The van der Waals surface area contributed by atoms with E-state index in [0.717, 1.165) is 12.1 Å². The highest BCUT2D eigenvalue weighted by atomic mass is 19.1. The molecule has 2 N–H and O–H groups in total. The van der Waals surface area contributed by atoms with Crippen LogP contribution in [0.25, 0.3) is 0 Å². The number of carbonyl (C=O) groups excluding carboxylic acids is 1. The van der Waals surface area contributed by atoms with Crippen LogP contribution in [0, 0.1) is 11.6 Å². The van der Waals surface area contributed by atoms with Gasteiger partial charge in [0, 0.05) is 17.8 Å². The summed E-state index contributed by atoms with van der Waals surface area (Å²) in [5.41, 5.74) is -2.16. The number of hydrogen-bond acceptors (Lipinski definition) is 3. The second-order valence-electron chi connectivity index (χ2n) is 4.19. The predicted octanol–water partition coefficient (Wildman–Crippen LogP) is 1.30. The zero-order valence-corrected chi connectivity index (χ0v) is 9.52. The predicted molar refractivity (Wildman–Crippen MR) is 61.1 cm³/mol. The molecule has 19 heavy (non-hydrogen) atoms. The fourth-order valence-electron chi connectivity index (χ4n) is 2.15. The molecular weight excluding hydrogens is 254 g/mol. The SMILES string of the molecule is O=C1NC(O)(c2ccc(F)cc2F)c2ncccc21. The highest BCUT2D eigenvalue weighted by molar-refractivity contribution is 5.99. The van der Waals surface area contributed by atoms with Gasteiger partial charge in [0.15, 0.2) is 0 Å². The number of aromatic nitrogens is 1. The minimum Gasteiger partial charge on any atom is -0.362 e. The number of nitrogens with zero attached hydrogens (tertiary/aromatic N) is 1. The molecule has 0 aliphatic carbocycles. The number of hydrogen-bond donors (Lipinski definition) is 2. The molecule has 0 saturated heterocycles. The van der Waals surface area contributed by atoms with E-state index in [1.165, 1.54) is 18.3 Å². The lowest BCUT2D eigenvalue weighted by Crippen LogP contribution is -2.41. The quantitative estimate of drug-likeness (QED) is 0.814. The first kappa shape index (κ1) is 11.7. The summed E-state index contributed by atoms with van der Waals surface area (Å²) in [7, 11) is 0. The summed E-state index contributed by atoms with van der Waals surface area (Å²) in [6.45, 7) is 0. The molecule has 1 unspecified atom stereocenters. The Balaban J connectivity index is 2.23. The van der Waals surface area contributed by atoms with Gasteiger partial charge in [0.2, 0.25) is 5.72 Å². The van der Waals surface area contributed by atoms with Gasteiger partial charge in [0.05, 0.1) is 5.56 Å². The maximum absolute atomic E-state index is 13.8. The van der Waals surface area contributed by atoms with Crippen LogP contribution in [-0.2, 0) is 5.72 Å². The van der Waals surface area contributed by atoms with Crippen LogP contribution < -0.4 is 5.32 Å². The van der Waals surface area contributed by atoms with E-state index < -0.39 is 23.3 Å². The molecule has 1 aliphatic rings. The normalized spacial score (nSPS) is 21.1. The van der Waals surface area contributed by atoms with E-state index in [1.807, 2.05) is 0 Å². The van der Waals surface area contributed by atoms with Gasteiger partial charge in [0.25, 0.3) is 5.91 Å². The van der Waals surface area contributed by atoms with E-state index in [-0.39, 0.29) is 16.8 Å². The van der Waals surface area contributed by atoms with Gasteiger partial charge in [-0.25, -0.2) is 8.78 Å². The number of carbonyl (C=O) groups is 1. The smallest absolute Gasteiger partial charge is 0.256 e. The first-order valence-corrected chi connectivity index (χ1v) is 5.48. The molecule has 3 rings (SSSR count). The molecule has 4 nitrogen and oxygen atoms in total.